The number of rotatable bonds is 0. The van der Waals surface area contributed by atoms with Crippen LogP contribution in [0, 0.1) is 0 Å². The van der Waals surface area contributed by atoms with Crippen molar-refractivity contribution in [3.05, 3.63) is 0 Å². The van der Waals surface area contributed by atoms with E-state index in [4.69, 9.17) is 5.11 Å². The highest BCUT2D eigenvalue weighted by Crippen LogP contribution is 2.67. The van der Waals surface area contributed by atoms with Crippen LogP contribution in [0.1, 0.15) is 0 Å². The van der Waals surface area contributed by atoms with E-state index in [2.05, 4.69) is 0 Å². The SMILES string of the molecule is O=S1(=O)C(F)(F)C(F)(F)C(F)(F)C(O)(F)C1(F)C(F)(F)F. The van der Waals surface area contributed by atoms with Gasteiger partial charge in [-0.25, -0.2) is 12.8 Å². The van der Waals surface area contributed by atoms with Crippen molar-refractivity contribution in [3.8, 4) is 0 Å². The molecular weight excluding hydrogens is 361 g/mol. The summed E-state index contributed by atoms with van der Waals surface area (Å²) in [5, 5.41) is -6.59. The molecule has 1 rings (SSSR count). The molecule has 1 aliphatic heterocycles. The van der Waals surface area contributed by atoms with Crippen molar-refractivity contribution in [3.63, 3.8) is 0 Å². The number of halogens is 11. The first-order chi connectivity index (χ1) is 8.75. The van der Waals surface area contributed by atoms with Crippen molar-refractivity contribution in [2.45, 2.75) is 34.1 Å². The molecule has 0 spiro atoms. The molecular formula is C6HF11O3S. The Hall–Kier alpha value is -0.860. The van der Waals surface area contributed by atoms with Gasteiger partial charge in [-0.1, -0.05) is 0 Å². The zero-order valence-electron chi connectivity index (χ0n) is 8.83. The normalized spacial score (nSPS) is 40.8. The standard InChI is InChI=1S/C6HF11O3S/c7-1(8)2(9,10)6(16,17)21(19,20)4(12,3(1,11)18)5(13,14)15/h18H. The Labute approximate surface area is 107 Å². The minimum Gasteiger partial charge on any atom is -0.353 e. The molecule has 1 fully saturated rings. The van der Waals surface area contributed by atoms with Crippen LogP contribution in [0.3, 0.4) is 0 Å². The van der Waals surface area contributed by atoms with Crippen molar-refractivity contribution < 1.29 is 61.8 Å². The van der Waals surface area contributed by atoms with Gasteiger partial charge in [0.1, 0.15) is 0 Å². The zero-order chi connectivity index (χ0) is 17.5. The molecule has 0 radical (unpaired) electrons. The Morgan fingerprint density at radius 2 is 1.10 bits per heavy atom. The average molecular weight is 362 g/mol. The van der Waals surface area contributed by atoms with E-state index < -0.39 is 44.0 Å². The molecule has 21 heavy (non-hydrogen) atoms. The Bertz CT molecular complexity index is 561. The lowest BCUT2D eigenvalue weighted by Crippen LogP contribution is -2.83. The first kappa shape index (κ1) is 18.2. The maximum atomic E-state index is 13.3. The fourth-order valence-corrected chi connectivity index (χ4v) is 3.06. The van der Waals surface area contributed by atoms with E-state index in [9.17, 15) is 56.7 Å². The smallest absolute Gasteiger partial charge is 0.353 e. The molecule has 15 heteroatoms. The highest BCUT2D eigenvalue weighted by molar-refractivity contribution is 7.94. The summed E-state index contributed by atoms with van der Waals surface area (Å²) in [5.41, 5.74) is 0. The van der Waals surface area contributed by atoms with Crippen molar-refractivity contribution in [2.24, 2.45) is 0 Å². The summed E-state index contributed by atoms with van der Waals surface area (Å²) in [4.78, 5) is 0. The molecule has 0 aromatic heterocycles. The molecule has 3 nitrogen and oxygen atoms in total. The summed E-state index contributed by atoms with van der Waals surface area (Å²) in [5.74, 6) is -22.0. The molecule has 0 saturated carbocycles. The second kappa shape index (κ2) is 3.72. The van der Waals surface area contributed by atoms with Crippen LogP contribution in [0.15, 0.2) is 0 Å². The topological polar surface area (TPSA) is 54.4 Å². The van der Waals surface area contributed by atoms with Crippen LogP contribution in [-0.4, -0.2) is 47.7 Å². The van der Waals surface area contributed by atoms with Gasteiger partial charge in [0, 0.05) is 0 Å². The van der Waals surface area contributed by atoms with Crippen LogP contribution in [0.25, 0.3) is 0 Å². The lowest BCUT2D eigenvalue weighted by molar-refractivity contribution is -0.422. The summed E-state index contributed by atoms with van der Waals surface area (Å²) in [7, 11) is -8.33. The zero-order valence-corrected chi connectivity index (χ0v) is 9.65. The van der Waals surface area contributed by atoms with Crippen LogP contribution in [0.2, 0.25) is 0 Å². The lowest BCUT2D eigenvalue weighted by atomic mass is 9.97. The van der Waals surface area contributed by atoms with Gasteiger partial charge in [0.15, 0.2) is 0 Å². The Morgan fingerprint density at radius 3 is 1.38 bits per heavy atom. The summed E-state index contributed by atoms with van der Waals surface area (Å²) >= 11 is 0. The van der Waals surface area contributed by atoms with Crippen molar-refractivity contribution in [1.82, 2.24) is 0 Å². The Kier molecular flexibility index (Phi) is 3.22. The second-order valence-corrected chi connectivity index (χ2v) is 5.97. The molecule has 2 unspecified atom stereocenters. The largest absolute Gasteiger partial charge is 0.443 e. The van der Waals surface area contributed by atoms with Gasteiger partial charge < -0.3 is 5.11 Å². The molecule has 0 aromatic carbocycles. The minimum absolute atomic E-state index is 7.21. The van der Waals surface area contributed by atoms with Crippen LogP contribution in [0.5, 0.6) is 0 Å². The quantitative estimate of drug-likeness (QED) is 0.672. The van der Waals surface area contributed by atoms with E-state index >= 15 is 0 Å². The van der Waals surface area contributed by atoms with Gasteiger partial charge in [0.25, 0.3) is 9.84 Å². The highest BCUT2D eigenvalue weighted by Gasteiger charge is 3.01. The van der Waals surface area contributed by atoms with Crippen LogP contribution < -0.4 is 0 Å². The van der Waals surface area contributed by atoms with E-state index in [-0.39, 0.29) is 0 Å². The van der Waals surface area contributed by atoms with Crippen LogP contribution >= 0.6 is 0 Å². The number of sulfone groups is 1. The predicted molar refractivity (Wildman–Crippen MR) is 39.7 cm³/mol. The van der Waals surface area contributed by atoms with Gasteiger partial charge in [0.2, 0.25) is 0 Å². The fourth-order valence-electron chi connectivity index (χ4n) is 1.46. The molecule has 0 aliphatic carbocycles. The van der Waals surface area contributed by atoms with Gasteiger partial charge in [-0.05, 0) is 0 Å². The highest BCUT2D eigenvalue weighted by atomic mass is 32.2. The van der Waals surface area contributed by atoms with Gasteiger partial charge in [-0.3, -0.25) is 0 Å². The third-order valence-corrected chi connectivity index (χ3v) is 4.85. The molecule has 0 aromatic rings. The van der Waals surface area contributed by atoms with E-state index in [1.165, 1.54) is 0 Å². The first-order valence-electron chi connectivity index (χ1n) is 4.29. The number of hydrogen-bond acceptors (Lipinski definition) is 3. The monoisotopic (exact) mass is 362 g/mol. The Balaban J connectivity index is 4.03. The maximum absolute atomic E-state index is 13.3. The molecule has 1 heterocycles. The first-order valence-corrected chi connectivity index (χ1v) is 5.78. The third kappa shape index (κ3) is 1.46. The van der Waals surface area contributed by atoms with Crippen LogP contribution in [-0.2, 0) is 9.84 Å². The van der Waals surface area contributed by atoms with E-state index in [1.54, 1.807) is 0 Å². The van der Waals surface area contributed by atoms with Gasteiger partial charge in [-0.15, -0.1) is 0 Å². The van der Waals surface area contributed by atoms with Crippen molar-refractivity contribution in [1.29, 1.82) is 0 Å². The summed E-state index contributed by atoms with van der Waals surface area (Å²) in [6, 6.07) is 0. The fraction of sp³-hybridized carbons (Fsp3) is 1.00. The minimum atomic E-state index is -8.33. The van der Waals surface area contributed by atoms with Crippen LogP contribution in [0.4, 0.5) is 48.3 Å². The van der Waals surface area contributed by atoms with Crippen molar-refractivity contribution in [2.75, 3.05) is 0 Å². The van der Waals surface area contributed by atoms with Gasteiger partial charge in [0.05, 0.1) is 0 Å². The molecule has 1 N–H and O–H groups in total. The van der Waals surface area contributed by atoms with Gasteiger partial charge >= 0.3 is 34.1 Å². The van der Waals surface area contributed by atoms with Gasteiger partial charge in [-0.2, -0.15) is 43.9 Å². The molecule has 0 bridgehead atoms. The third-order valence-electron chi connectivity index (χ3n) is 2.67. The molecule has 126 valence electrons. The summed E-state index contributed by atoms with van der Waals surface area (Å²) < 4.78 is 161. The average Bonchev–Trinajstić information content (AvgIpc) is 2.23. The maximum Gasteiger partial charge on any atom is 0.443 e. The van der Waals surface area contributed by atoms with E-state index in [1.807, 2.05) is 0 Å². The number of aliphatic hydroxyl groups is 1. The van der Waals surface area contributed by atoms with E-state index in [0.29, 0.717) is 0 Å². The number of hydrogen-bond donors (Lipinski definition) is 1. The lowest BCUT2D eigenvalue weighted by Gasteiger charge is -2.48. The second-order valence-electron chi connectivity index (χ2n) is 3.88. The molecule has 2 atom stereocenters. The molecule has 0 amide bonds. The molecule has 1 saturated heterocycles. The summed E-state index contributed by atoms with van der Waals surface area (Å²) in [6.45, 7) is 0. The number of alkyl halides is 11. The summed E-state index contributed by atoms with van der Waals surface area (Å²) in [6.07, 6.45) is -7.42. The van der Waals surface area contributed by atoms with Crippen molar-refractivity contribution >= 4 is 9.84 Å². The molecule has 1 aliphatic rings. The predicted octanol–water partition coefficient (Wildman–Crippen LogP) is 2.16. The Morgan fingerprint density at radius 1 is 0.762 bits per heavy atom. The van der Waals surface area contributed by atoms with E-state index in [0.717, 1.165) is 0 Å².